The van der Waals surface area contributed by atoms with E-state index in [1.807, 2.05) is 23.1 Å². The Hall–Kier alpha value is -3.02. The molecule has 28 heavy (non-hydrogen) atoms. The summed E-state index contributed by atoms with van der Waals surface area (Å²) in [4.78, 5) is 28.6. The molecule has 0 spiro atoms. The molecular formula is C22H26N2O4. The number of amides is 1. The number of rotatable bonds is 6. The number of Topliss-reactive ketones (excluding diaryl/α,β-unsaturated/α-hetero) is 1. The lowest BCUT2D eigenvalue weighted by Crippen LogP contribution is -2.49. The molecule has 0 aromatic heterocycles. The number of anilines is 1. The summed E-state index contributed by atoms with van der Waals surface area (Å²) < 4.78 is 10.7. The number of ketones is 1. The highest BCUT2D eigenvalue weighted by Gasteiger charge is 2.23. The SMILES string of the molecule is COc1cccc(N2CCN(C(=O)Cc3cc(C(C)=O)ccc3OC)CC2)c1. The van der Waals surface area contributed by atoms with Crippen LogP contribution in [0.1, 0.15) is 22.8 Å². The molecule has 2 aromatic rings. The van der Waals surface area contributed by atoms with Crippen LogP contribution in [0, 0.1) is 0 Å². The first kappa shape index (κ1) is 19.7. The summed E-state index contributed by atoms with van der Waals surface area (Å²) >= 11 is 0. The fraction of sp³-hybridized carbons (Fsp3) is 0.364. The molecule has 3 rings (SSSR count). The van der Waals surface area contributed by atoms with Gasteiger partial charge >= 0.3 is 0 Å². The molecule has 1 aliphatic heterocycles. The minimum atomic E-state index is -0.0248. The monoisotopic (exact) mass is 382 g/mol. The van der Waals surface area contributed by atoms with Gasteiger partial charge in [-0.2, -0.15) is 0 Å². The van der Waals surface area contributed by atoms with Gasteiger partial charge in [-0.3, -0.25) is 9.59 Å². The van der Waals surface area contributed by atoms with Gasteiger partial charge in [0, 0.05) is 49.1 Å². The number of hydrogen-bond acceptors (Lipinski definition) is 5. The van der Waals surface area contributed by atoms with E-state index in [4.69, 9.17) is 9.47 Å². The topological polar surface area (TPSA) is 59.1 Å². The third-order valence-corrected chi connectivity index (χ3v) is 5.08. The molecule has 0 radical (unpaired) electrons. The van der Waals surface area contributed by atoms with Crippen LogP contribution >= 0.6 is 0 Å². The maximum absolute atomic E-state index is 12.8. The number of benzene rings is 2. The molecule has 0 unspecified atom stereocenters. The van der Waals surface area contributed by atoms with Gasteiger partial charge in [-0.05, 0) is 37.3 Å². The number of carbonyl (C=O) groups excluding carboxylic acids is 2. The molecule has 0 aliphatic carbocycles. The molecule has 6 heteroatoms. The summed E-state index contributed by atoms with van der Waals surface area (Å²) in [5.41, 5.74) is 2.43. The van der Waals surface area contributed by atoms with E-state index in [1.165, 1.54) is 6.92 Å². The van der Waals surface area contributed by atoms with Crippen molar-refractivity contribution in [3.05, 3.63) is 53.6 Å². The quantitative estimate of drug-likeness (QED) is 0.719. The average molecular weight is 382 g/mol. The van der Waals surface area contributed by atoms with Crippen LogP contribution in [0.3, 0.4) is 0 Å². The van der Waals surface area contributed by atoms with Gasteiger partial charge in [0.05, 0.1) is 20.6 Å². The smallest absolute Gasteiger partial charge is 0.227 e. The van der Waals surface area contributed by atoms with E-state index in [9.17, 15) is 9.59 Å². The van der Waals surface area contributed by atoms with Gasteiger partial charge in [0.25, 0.3) is 0 Å². The van der Waals surface area contributed by atoms with Crippen molar-refractivity contribution in [2.24, 2.45) is 0 Å². The van der Waals surface area contributed by atoms with Crippen LogP contribution in [0.15, 0.2) is 42.5 Å². The summed E-state index contributed by atoms with van der Waals surface area (Å²) in [6, 6.07) is 13.2. The Labute approximate surface area is 165 Å². The first-order valence-corrected chi connectivity index (χ1v) is 9.36. The Bertz CT molecular complexity index is 857. The van der Waals surface area contributed by atoms with Crippen LogP contribution < -0.4 is 14.4 Å². The number of carbonyl (C=O) groups is 2. The van der Waals surface area contributed by atoms with E-state index >= 15 is 0 Å². The first-order chi connectivity index (χ1) is 13.5. The molecule has 0 atom stereocenters. The van der Waals surface area contributed by atoms with Crippen molar-refractivity contribution in [1.82, 2.24) is 4.90 Å². The van der Waals surface area contributed by atoms with Crippen molar-refractivity contribution in [2.75, 3.05) is 45.3 Å². The van der Waals surface area contributed by atoms with E-state index < -0.39 is 0 Å². The van der Waals surface area contributed by atoms with E-state index in [-0.39, 0.29) is 18.1 Å². The van der Waals surface area contributed by atoms with Crippen molar-refractivity contribution in [3.8, 4) is 11.5 Å². The lowest BCUT2D eigenvalue weighted by molar-refractivity contribution is -0.130. The van der Waals surface area contributed by atoms with E-state index in [1.54, 1.807) is 32.4 Å². The summed E-state index contributed by atoms with van der Waals surface area (Å²) in [6.45, 7) is 4.37. The third kappa shape index (κ3) is 4.44. The van der Waals surface area contributed by atoms with E-state index in [2.05, 4.69) is 11.0 Å². The summed E-state index contributed by atoms with van der Waals surface area (Å²) in [6.07, 6.45) is 0.226. The van der Waals surface area contributed by atoms with Crippen molar-refractivity contribution in [1.29, 1.82) is 0 Å². The second-order valence-corrected chi connectivity index (χ2v) is 6.83. The number of hydrogen-bond donors (Lipinski definition) is 0. The second kappa shape index (κ2) is 8.78. The van der Waals surface area contributed by atoms with Gasteiger partial charge in [0.1, 0.15) is 11.5 Å². The summed E-state index contributed by atoms with van der Waals surface area (Å²) in [5, 5.41) is 0. The lowest BCUT2D eigenvalue weighted by atomic mass is 10.0. The number of nitrogens with zero attached hydrogens (tertiary/aromatic N) is 2. The Morgan fingerprint density at radius 3 is 2.36 bits per heavy atom. The predicted molar refractivity (Wildman–Crippen MR) is 108 cm³/mol. The van der Waals surface area contributed by atoms with Crippen molar-refractivity contribution in [3.63, 3.8) is 0 Å². The van der Waals surface area contributed by atoms with E-state index in [0.717, 1.165) is 30.1 Å². The van der Waals surface area contributed by atoms with E-state index in [0.29, 0.717) is 24.4 Å². The normalized spacial score (nSPS) is 14.0. The zero-order valence-corrected chi connectivity index (χ0v) is 16.6. The number of ether oxygens (including phenoxy) is 2. The van der Waals surface area contributed by atoms with Gasteiger partial charge in [0.2, 0.25) is 5.91 Å². The Balaban J connectivity index is 1.64. The van der Waals surface area contributed by atoms with Crippen LogP contribution in [-0.2, 0) is 11.2 Å². The standard InChI is InChI=1S/C22H26N2O4/c1-16(25)17-7-8-21(28-3)18(13-17)14-22(26)24-11-9-23(10-12-24)19-5-4-6-20(15-19)27-2/h4-8,13,15H,9-12,14H2,1-3H3. The summed E-state index contributed by atoms with van der Waals surface area (Å²) in [7, 11) is 3.23. The third-order valence-electron chi connectivity index (χ3n) is 5.08. The van der Waals surface area contributed by atoms with Gasteiger partial charge in [-0.15, -0.1) is 0 Å². The fourth-order valence-corrected chi connectivity index (χ4v) is 3.43. The molecule has 1 saturated heterocycles. The fourth-order valence-electron chi connectivity index (χ4n) is 3.43. The molecule has 0 bridgehead atoms. The minimum absolute atomic E-state index is 0.0248. The molecule has 6 nitrogen and oxygen atoms in total. The second-order valence-electron chi connectivity index (χ2n) is 6.83. The van der Waals surface area contributed by atoms with Crippen molar-refractivity contribution in [2.45, 2.75) is 13.3 Å². The van der Waals surface area contributed by atoms with Crippen LogP contribution in [0.25, 0.3) is 0 Å². The molecule has 148 valence electrons. The van der Waals surface area contributed by atoms with Crippen LogP contribution in [-0.4, -0.2) is 57.0 Å². The maximum Gasteiger partial charge on any atom is 0.227 e. The van der Waals surface area contributed by atoms with Gasteiger partial charge in [-0.1, -0.05) is 6.07 Å². The molecule has 0 saturated carbocycles. The molecule has 2 aromatic carbocycles. The Morgan fingerprint density at radius 1 is 0.964 bits per heavy atom. The maximum atomic E-state index is 12.8. The highest BCUT2D eigenvalue weighted by atomic mass is 16.5. The molecule has 1 heterocycles. The average Bonchev–Trinajstić information content (AvgIpc) is 2.73. The van der Waals surface area contributed by atoms with Crippen LogP contribution in [0.4, 0.5) is 5.69 Å². The molecular weight excluding hydrogens is 356 g/mol. The number of piperazine rings is 1. The molecule has 0 N–H and O–H groups in total. The minimum Gasteiger partial charge on any atom is -0.497 e. The molecule has 1 fully saturated rings. The molecule has 1 aliphatic rings. The summed E-state index contributed by atoms with van der Waals surface area (Å²) in [5.74, 6) is 1.48. The largest absolute Gasteiger partial charge is 0.497 e. The van der Waals surface area contributed by atoms with Gasteiger partial charge in [0.15, 0.2) is 5.78 Å². The zero-order valence-electron chi connectivity index (χ0n) is 16.6. The van der Waals surface area contributed by atoms with Crippen LogP contribution in [0.2, 0.25) is 0 Å². The van der Waals surface area contributed by atoms with Crippen molar-refractivity contribution >= 4 is 17.4 Å². The Kier molecular flexibility index (Phi) is 6.19. The lowest BCUT2D eigenvalue weighted by Gasteiger charge is -2.36. The zero-order chi connectivity index (χ0) is 20.1. The first-order valence-electron chi connectivity index (χ1n) is 9.36. The molecule has 1 amide bonds. The highest BCUT2D eigenvalue weighted by molar-refractivity contribution is 5.94. The Morgan fingerprint density at radius 2 is 1.71 bits per heavy atom. The number of methoxy groups -OCH3 is 2. The van der Waals surface area contributed by atoms with Crippen LogP contribution in [0.5, 0.6) is 11.5 Å². The highest BCUT2D eigenvalue weighted by Crippen LogP contribution is 2.24. The van der Waals surface area contributed by atoms with Crippen molar-refractivity contribution < 1.29 is 19.1 Å². The van der Waals surface area contributed by atoms with Gasteiger partial charge < -0.3 is 19.3 Å². The van der Waals surface area contributed by atoms with Gasteiger partial charge in [-0.25, -0.2) is 0 Å². The predicted octanol–water partition coefficient (Wildman–Crippen LogP) is 2.80.